The van der Waals surface area contributed by atoms with Gasteiger partial charge in [0, 0.05) is 31.7 Å². The lowest BCUT2D eigenvalue weighted by molar-refractivity contribution is -0.132. The molecule has 1 aromatic rings. The number of amides is 1. The van der Waals surface area contributed by atoms with Crippen molar-refractivity contribution < 1.29 is 4.79 Å². The van der Waals surface area contributed by atoms with E-state index in [0.29, 0.717) is 18.9 Å². The highest BCUT2D eigenvalue weighted by Crippen LogP contribution is 2.19. The Labute approximate surface area is 107 Å². The number of hydrogen-bond donors (Lipinski definition) is 1. The summed E-state index contributed by atoms with van der Waals surface area (Å²) in [4.78, 5) is 13.9. The predicted molar refractivity (Wildman–Crippen MR) is 67.6 cm³/mol. The fourth-order valence-electron chi connectivity index (χ4n) is 2.39. The molecule has 1 fully saturated rings. The first-order valence-corrected chi connectivity index (χ1v) is 6.54. The molecular weight excluding hydrogens is 230 g/mol. The minimum absolute atomic E-state index is 0.202. The van der Waals surface area contributed by atoms with Gasteiger partial charge in [0.05, 0.1) is 12.7 Å². The Bertz CT molecular complexity index is 368. The molecule has 1 aromatic heterocycles. The van der Waals surface area contributed by atoms with E-state index in [-0.39, 0.29) is 11.9 Å². The van der Waals surface area contributed by atoms with Gasteiger partial charge in [-0.15, -0.1) is 5.10 Å². The van der Waals surface area contributed by atoms with Gasteiger partial charge in [0.25, 0.3) is 0 Å². The molecule has 0 aromatic carbocycles. The lowest BCUT2D eigenvalue weighted by Crippen LogP contribution is -2.42. The zero-order valence-electron chi connectivity index (χ0n) is 10.8. The first-order valence-electron chi connectivity index (χ1n) is 6.54. The molecule has 2 N–H and O–H groups in total. The molecule has 0 bridgehead atoms. The fourth-order valence-corrected chi connectivity index (χ4v) is 2.39. The van der Waals surface area contributed by atoms with Crippen molar-refractivity contribution in [3.8, 4) is 0 Å². The van der Waals surface area contributed by atoms with E-state index in [2.05, 4.69) is 10.3 Å². The number of hydrogen-bond acceptors (Lipinski definition) is 4. The fraction of sp³-hybridized carbons (Fsp3) is 0.750. The lowest BCUT2D eigenvalue weighted by Gasteiger charge is -2.33. The van der Waals surface area contributed by atoms with E-state index in [1.807, 2.05) is 11.8 Å². The van der Waals surface area contributed by atoms with Gasteiger partial charge in [-0.05, 0) is 25.7 Å². The topological polar surface area (TPSA) is 77.0 Å². The third-order valence-corrected chi connectivity index (χ3v) is 3.66. The average molecular weight is 251 g/mol. The van der Waals surface area contributed by atoms with Crippen molar-refractivity contribution in [3.05, 3.63) is 12.4 Å². The number of likely N-dealkylation sites (tertiary alicyclic amines) is 1. The summed E-state index contributed by atoms with van der Waals surface area (Å²) in [6.45, 7) is 4.32. The van der Waals surface area contributed by atoms with Crippen LogP contribution < -0.4 is 5.73 Å². The maximum atomic E-state index is 12.0. The summed E-state index contributed by atoms with van der Waals surface area (Å²) in [5, 5.41) is 7.56. The molecule has 1 unspecified atom stereocenters. The maximum absolute atomic E-state index is 12.0. The third-order valence-electron chi connectivity index (χ3n) is 3.66. The van der Waals surface area contributed by atoms with E-state index < -0.39 is 0 Å². The number of rotatable bonds is 4. The Morgan fingerprint density at radius 2 is 2.22 bits per heavy atom. The minimum atomic E-state index is 0.202. The molecule has 0 aliphatic carbocycles. The second kappa shape index (κ2) is 5.95. The van der Waals surface area contributed by atoms with Gasteiger partial charge in [0.15, 0.2) is 0 Å². The minimum Gasteiger partial charge on any atom is -0.343 e. The van der Waals surface area contributed by atoms with E-state index in [9.17, 15) is 4.79 Å². The second-order valence-corrected chi connectivity index (χ2v) is 4.99. The summed E-state index contributed by atoms with van der Waals surface area (Å²) in [7, 11) is 0. The number of aryl methyl sites for hydroxylation is 1. The van der Waals surface area contributed by atoms with E-state index in [1.165, 1.54) is 0 Å². The Kier molecular flexibility index (Phi) is 4.30. The van der Waals surface area contributed by atoms with Crippen LogP contribution in [0.3, 0.4) is 0 Å². The van der Waals surface area contributed by atoms with Crippen LogP contribution in [0.5, 0.6) is 0 Å². The molecule has 1 saturated heterocycles. The molecule has 1 amide bonds. The zero-order valence-corrected chi connectivity index (χ0v) is 10.8. The number of carbonyl (C=O) groups excluding carboxylic acids is 1. The van der Waals surface area contributed by atoms with Crippen molar-refractivity contribution in [2.45, 2.75) is 38.8 Å². The molecule has 100 valence electrons. The van der Waals surface area contributed by atoms with Gasteiger partial charge in [-0.25, -0.2) is 0 Å². The molecule has 1 atom stereocenters. The molecule has 0 saturated carbocycles. The van der Waals surface area contributed by atoms with E-state index >= 15 is 0 Å². The number of aromatic nitrogens is 3. The summed E-state index contributed by atoms with van der Waals surface area (Å²) in [6, 6.07) is 0.234. The smallest absolute Gasteiger partial charge is 0.224 e. The van der Waals surface area contributed by atoms with Gasteiger partial charge in [-0.3, -0.25) is 9.48 Å². The number of nitrogens with zero attached hydrogens (tertiary/aromatic N) is 4. The van der Waals surface area contributed by atoms with Gasteiger partial charge < -0.3 is 10.6 Å². The van der Waals surface area contributed by atoms with E-state index in [1.54, 1.807) is 17.1 Å². The first-order chi connectivity index (χ1) is 8.66. The van der Waals surface area contributed by atoms with Crippen molar-refractivity contribution in [3.63, 3.8) is 0 Å². The normalized spacial score (nSPS) is 18.9. The van der Waals surface area contributed by atoms with Gasteiger partial charge in [0.1, 0.15) is 0 Å². The SMILES string of the molecule is CC(N)C1CCN(C(=O)CCn2ccnn2)CC1. The summed E-state index contributed by atoms with van der Waals surface area (Å²) < 4.78 is 1.69. The van der Waals surface area contributed by atoms with Crippen LogP contribution in [0, 0.1) is 5.92 Å². The predicted octanol–water partition coefficient (Wildman–Crippen LogP) is 0.254. The van der Waals surface area contributed by atoms with Crippen molar-refractivity contribution in [2.24, 2.45) is 11.7 Å². The molecule has 1 aliphatic rings. The van der Waals surface area contributed by atoms with E-state index in [0.717, 1.165) is 25.9 Å². The molecule has 18 heavy (non-hydrogen) atoms. The Morgan fingerprint density at radius 3 is 2.78 bits per heavy atom. The third kappa shape index (κ3) is 3.29. The summed E-state index contributed by atoms with van der Waals surface area (Å²) >= 11 is 0. The average Bonchev–Trinajstić information content (AvgIpc) is 2.89. The Morgan fingerprint density at radius 1 is 1.50 bits per heavy atom. The molecule has 2 rings (SSSR count). The summed E-state index contributed by atoms with van der Waals surface area (Å²) in [5.41, 5.74) is 5.89. The van der Waals surface area contributed by atoms with Crippen LogP contribution in [0.15, 0.2) is 12.4 Å². The Hall–Kier alpha value is -1.43. The quantitative estimate of drug-likeness (QED) is 0.832. The number of piperidine rings is 1. The van der Waals surface area contributed by atoms with Gasteiger partial charge >= 0.3 is 0 Å². The standard InChI is InChI=1S/C12H21N5O/c1-10(13)11-2-6-16(7-3-11)12(18)4-8-17-9-5-14-15-17/h5,9-11H,2-4,6-8,13H2,1H3. The first kappa shape index (κ1) is 13.0. The van der Waals surface area contributed by atoms with Crippen molar-refractivity contribution in [1.82, 2.24) is 19.9 Å². The van der Waals surface area contributed by atoms with Gasteiger partial charge in [-0.1, -0.05) is 5.21 Å². The highest BCUT2D eigenvalue weighted by Gasteiger charge is 2.24. The lowest BCUT2D eigenvalue weighted by atomic mass is 9.91. The van der Waals surface area contributed by atoms with Crippen LogP contribution in [-0.2, 0) is 11.3 Å². The van der Waals surface area contributed by atoms with Crippen LogP contribution in [0.2, 0.25) is 0 Å². The molecule has 6 nitrogen and oxygen atoms in total. The monoisotopic (exact) mass is 251 g/mol. The Balaban J connectivity index is 1.74. The molecule has 0 spiro atoms. The molecule has 1 aliphatic heterocycles. The van der Waals surface area contributed by atoms with Crippen molar-refractivity contribution in [2.75, 3.05) is 13.1 Å². The van der Waals surface area contributed by atoms with Crippen molar-refractivity contribution >= 4 is 5.91 Å². The zero-order chi connectivity index (χ0) is 13.0. The molecule has 6 heteroatoms. The number of carbonyl (C=O) groups is 1. The van der Waals surface area contributed by atoms with Crippen molar-refractivity contribution in [1.29, 1.82) is 0 Å². The largest absolute Gasteiger partial charge is 0.343 e. The van der Waals surface area contributed by atoms with Gasteiger partial charge in [-0.2, -0.15) is 0 Å². The molecule has 2 heterocycles. The highest BCUT2D eigenvalue weighted by molar-refractivity contribution is 5.76. The second-order valence-electron chi connectivity index (χ2n) is 4.99. The summed E-state index contributed by atoms with van der Waals surface area (Å²) in [5.74, 6) is 0.762. The molecular formula is C12H21N5O. The van der Waals surface area contributed by atoms with Crippen LogP contribution in [0.25, 0.3) is 0 Å². The highest BCUT2D eigenvalue weighted by atomic mass is 16.2. The summed E-state index contributed by atoms with van der Waals surface area (Å²) in [6.07, 6.45) is 5.93. The van der Waals surface area contributed by atoms with Gasteiger partial charge in [0.2, 0.25) is 5.91 Å². The van der Waals surface area contributed by atoms with Crippen LogP contribution in [0.1, 0.15) is 26.2 Å². The van der Waals surface area contributed by atoms with Crippen LogP contribution >= 0.6 is 0 Å². The molecule has 0 radical (unpaired) electrons. The van der Waals surface area contributed by atoms with E-state index in [4.69, 9.17) is 5.73 Å². The number of nitrogens with two attached hydrogens (primary N) is 1. The van der Waals surface area contributed by atoms with Crippen LogP contribution in [0.4, 0.5) is 0 Å². The van der Waals surface area contributed by atoms with Crippen LogP contribution in [-0.4, -0.2) is 44.9 Å². The maximum Gasteiger partial charge on any atom is 0.224 e.